The maximum absolute atomic E-state index is 14.2. The van der Waals surface area contributed by atoms with Gasteiger partial charge in [-0.15, -0.1) is 0 Å². The molecule has 0 fully saturated rings. The van der Waals surface area contributed by atoms with Gasteiger partial charge in [0.25, 0.3) is 10.1 Å². The number of rotatable bonds is 16. The molecule has 0 radical (unpaired) electrons. The highest BCUT2D eigenvalue weighted by Crippen LogP contribution is 2.36. The van der Waals surface area contributed by atoms with Gasteiger partial charge in [-0.1, -0.05) is 69.9 Å². The van der Waals surface area contributed by atoms with Crippen molar-refractivity contribution in [3.63, 3.8) is 0 Å². The van der Waals surface area contributed by atoms with Gasteiger partial charge in [0, 0.05) is 37.3 Å². The van der Waals surface area contributed by atoms with E-state index in [0.29, 0.717) is 25.1 Å². The van der Waals surface area contributed by atoms with E-state index < -0.39 is 21.9 Å². The van der Waals surface area contributed by atoms with Gasteiger partial charge in [0.15, 0.2) is 6.20 Å². The predicted molar refractivity (Wildman–Crippen MR) is 161 cm³/mol. The van der Waals surface area contributed by atoms with Crippen LogP contribution in [0.15, 0.2) is 54.7 Å². The molecule has 0 aliphatic heterocycles. The third kappa shape index (κ3) is 10.1. The first-order valence-electron chi connectivity index (χ1n) is 14.5. The van der Waals surface area contributed by atoms with Gasteiger partial charge in [0.2, 0.25) is 5.52 Å². The number of anilines is 1. The Balaban J connectivity index is 1.89. The molecule has 0 aliphatic carbocycles. The molecule has 0 saturated carbocycles. The number of para-hydroxylation sites is 1. The van der Waals surface area contributed by atoms with Crippen LogP contribution in [0.4, 0.5) is 18.9 Å². The first kappa shape index (κ1) is 32.6. The quantitative estimate of drug-likeness (QED) is 0.104. The summed E-state index contributed by atoms with van der Waals surface area (Å²) in [4.78, 5) is 2.09. The number of halogens is 3. The standard InChI is InChI=1S/C32H41F3N2O3S/c1-3-5-9-20-36(21-10-6-4-2)28-18-17-27(30(25-28)32(33,34)35)16-15-26-19-23-37(22-11-12-24-41(38,39)40)31-14-8-7-13-29(26)31/h7-8,13-19,23,25H,3-6,9-12,20-22,24H2,1-2H3/p+1. The van der Waals surface area contributed by atoms with Crippen molar-refractivity contribution in [2.45, 2.75) is 77.9 Å². The Labute approximate surface area is 242 Å². The fourth-order valence-corrected chi connectivity index (χ4v) is 5.57. The van der Waals surface area contributed by atoms with Gasteiger partial charge in [-0.25, -0.2) is 0 Å². The number of pyridine rings is 1. The SMILES string of the molecule is CCCCCN(CCCCC)c1ccc(C=Cc2cc[n+](CCCCS(=O)(=O)O)c3ccccc23)c(C(F)(F)F)c1. The number of hydrogen-bond acceptors (Lipinski definition) is 3. The van der Waals surface area contributed by atoms with Gasteiger partial charge in [-0.2, -0.15) is 26.2 Å². The number of aryl methyl sites for hydroxylation is 1. The van der Waals surface area contributed by atoms with Crippen LogP contribution in [-0.2, 0) is 22.8 Å². The zero-order chi connectivity index (χ0) is 29.9. The van der Waals surface area contributed by atoms with Gasteiger partial charge in [-0.05, 0) is 48.6 Å². The number of hydrogen-bond donors (Lipinski definition) is 1. The Morgan fingerprint density at radius 3 is 2.15 bits per heavy atom. The number of unbranched alkanes of at least 4 members (excludes halogenated alkanes) is 5. The smallest absolute Gasteiger partial charge is 0.372 e. The molecule has 5 nitrogen and oxygen atoms in total. The first-order chi connectivity index (χ1) is 19.5. The molecule has 3 rings (SSSR count). The molecule has 0 atom stereocenters. The third-order valence-electron chi connectivity index (χ3n) is 7.22. The van der Waals surface area contributed by atoms with Crippen molar-refractivity contribution in [3.8, 4) is 0 Å². The van der Waals surface area contributed by atoms with Crippen LogP contribution in [0.1, 0.15) is 81.9 Å². The molecule has 0 bridgehead atoms. The maximum Gasteiger partial charge on any atom is 0.417 e. The van der Waals surface area contributed by atoms with Crippen molar-refractivity contribution in [2.75, 3.05) is 23.7 Å². The summed E-state index contributed by atoms with van der Waals surface area (Å²) in [5, 5.41) is 0.879. The van der Waals surface area contributed by atoms with Crippen molar-refractivity contribution in [1.82, 2.24) is 0 Å². The lowest BCUT2D eigenvalue weighted by molar-refractivity contribution is -0.671. The highest BCUT2D eigenvalue weighted by Gasteiger charge is 2.33. The van der Waals surface area contributed by atoms with Crippen LogP contribution in [0.5, 0.6) is 0 Å². The van der Waals surface area contributed by atoms with E-state index in [-0.39, 0.29) is 11.3 Å². The van der Waals surface area contributed by atoms with Crippen LogP contribution in [-0.4, -0.2) is 31.8 Å². The number of alkyl halides is 3. The van der Waals surface area contributed by atoms with Crippen LogP contribution in [0.25, 0.3) is 23.1 Å². The molecule has 0 spiro atoms. The summed E-state index contributed by atoms with van der Waals surface area (Å²) in [6.45, 7) is 6.28. The summed E-state index contributed by atoms with van der Waals surface area (Å²) in [6, 6.07) is 14.1. The number of nitrogens with zero attached hydrogens (tertiary/aromatic N) is 2. The fourth-order valence-electron chi connectivity index (χ4n) is 5.00. The van der Waals surface area contributed by atoms with Crippen LogP contribution < -0.4 is 9.47 Å². The van der Waals surface area contributed by atoms with Gasteiger partial charge in [0.05, 0.1) is 16.7 Å². The molecule has 41 heavy (non-hydrogen) atoms. The van der Waals surface area contributed by atoms with Crippen molar-refractivity contribution in [1.29, 1.82) is 0 Å². The summed E-state index contributed by atoms with van der Waals surface area (Å²) in [5.41, 5.74) is 1.77. The van der Waals surface area contributed by atoms with E-state index in [4.69, 9.17) is 4.55 Å². The Morgan fingerprint density at radius 1 is 0.854 bits per heavy atom. The summed E-state index contributed by atoms with van der Waals surface area (Å²) in [7, 11) is -4.00. The Bertz CT molecular complexity index is 1400. The van der Waals surface area contributed by atoms with Crippen molar-refractivity contribution in [2.24, 2.45) is 0 Å². The number of benzene rings is 2. The van der Waals surface area contributed by atoms with Crippen molar-refractivity contribution in [3.05, 3.63) is 71.4 Å². The Hall–Kier alpha value is -2.91. The number of fused-ring (bicyclic) bond motifs is 1. The molecule has 224 valence electrons. The van der Waals surface area contributed by atoms with Crippen LogP contribution in [0, 0.1) is 0 Å². The van der Waals surface area contributed by atoms with Gasteiger partial charge < -0.3 is 4.90 Å². The first-order valence-corrected chi connectivity index (χ1v) is 16.1. The molecule has 3 aromatic rings. The van der Waals surface area contributed by atoms with E-state index in [1.807, 2.05) is 41.1 Å². The van der Waals surface area contributed by atoms with Gasteiger partial charge >= 0.3 is 6.18 Å². The fraction of sp³-hybridized carbons (Fsp3) is 0.469. The average Bonchev–Trinajstić information content (AvgIpc) is 2.93. The molecule has 0 unspecified atom stereocenters. The summed E-state index contributed by atoms with van der Waals surface area (Å²) in [5.74, 6) is -0.290. The summed E-state index contributed by atoms with van der Waals surface area (Å²) >= 11 is 0. The van der Waals surface area contributed by atoms with E-state index in [2.05, 4.69) is 18.7 Å². The largest absolute Gasteiger partial charge is 0.417 e. The second-order valence-corrected chi connectivity index (χ2v) is 12.1. The summed E-state index contributed by atoms with van der Waals surface area (Å²) in [6.07, 6.45) is 7.61. The lowest BCUT2D eigenvalue weighted by atomic mass is 10.0. The van der Waals surface area contributed by atoms with Gasteiger partial charge in [0.1, 0.15) is 6.54 Å². The highest BCUT2D eigenvalue weighted by atomic mass is 32.2. The molecular formula is C32H42F3N2O3S+. The van der Waals surface area contributed by atoms with Crippen molar-refractivity contribution < 1.29 is 30.7 Å². The van der Waals surface area contributed by atoms with E-state index in [1.165, 1.54) is 12.1 Å². The molecule has 1 aromatic heterocycles. The molecular weight excluding hydrogens is 549 g/mol. The lowest BCUT2D eigenvalue weighted by Gasteiger charge is -2.26. The summed E-state index contributed by atoms with van der Waals surface area (Å²) < 4.78 is 75.7. The zero-order valence-electron chi connectivity index (χ0n) is 24.0. The second-order valence-electron chi connectivity index (χ2n) is 10.5. The minimum Gasteiger partial charge on any atom is -0.372 e. The Kier molecular flexibility index (Phi) is 12.2. The van der Waals surface area contributed by atoms with Crippen molar-refractivity contribution >= 4 is 38.9 Å². The molecule has 0 amide bonds. The zero-order valence-corrected chi connectivity index (χ0v) is 24.9. The molecule has 9 heteroatoms. The van der Waals surface area contributed by atoms with Crippen LogP contribution in [0.3, 0.4) is 0 Å². The number of aromatic nitrogens is 1. The van der Waals surface area contributed by atoms with Crippen LogP contribution >= 0.6 is 0 Å². The van der Waals surface area contributed by atoms with Crippen LogP contribution in [0.2, 0.25) is 0 Å². The lowest BCUT2D eigenvalue weighted by Crippen LogP contribution is -2.34. The average molecular weight is 592 g/mol. The van der Waals surface area contributed by atoms with E-state index in [0.717, 1.165) is 68.1 Å². The second kappa shape index (κ2) is 15.4. The molecule has 0 saturated heterocycles. The normalized spacial score (nSPS) is 12.4. The molecule has 0 aliphatic rings. The molecule has 1 heterocycles. The van der Waals surface area contributed by atoms with E-state index >= 15 is 0 Å². The monoisotopic (exact) mass is 591 g/mol. The topological polar surface area (TPSA) is 61.5 Å². The third-order valence-corrected chi connectivity index (χ3v) is 8.03. The predicted octanol–water partition coefficient (Wildman–Crippen LogP) is 8.17. The minimum absolute atomic E-state index is 0.120. The van der Waals surface area contributed by atoms with E-state index in [1.54, 1.807) is 18.2 Å². The minimum atomic E-state index is -4.49. The molecule has 2 aromatic carbocycles. The maximum atomic E-state index is 14.2. The highest BCUT2D eigenvalue weighted by molar-refractivity contribution is 7.85. The molecule has 1 N–H and O–H groups in total. The van der Waals surface area contributed by atoms with E-state index in [9.17, 15) is 21.6 Å². The van der Waals surface area contributed by atoms with Gasteiger partial charge in [-0.3, -0.25) is 4.55 Å². The Morgan fingerprint density at radius 2 is 1.51 bits per heavy atom.